The first-order valence-corrected chi connectivity index (χ1v) is 11.0. The summed E-state index contributed by atoms with van der Waals surface area (Å²) in [6.45, 7) is 6.86. The standard InChI is InChI=1S/C25H32N2O3/c1-3-15-27(25(29)21-11-8-12-23(19-21)30-18-4-2)22-13-16-26(17-14-22)24(28)20-9-6-5-7-10-20/h5-12,19,22H,3-4,13-18H2,1-2H3. The fourth-order valence-corrected chi connectivity index (χ4v) is 3.94. The molecule has 2 amide bonds. The van der Waals surface area contributed by atoms with Crippen LogP contribution in [0.2, 0.25) is 0 Å². The second kappa shape index (κ2) is 10.8. The molecular formula is C25H32N2O3. The first-order valence-electron chi connectivity index (χ1n) is 11.0. The maximum Gasteiger partial charge on any atom is 0.254 e. The van der Waals surface area contributed by atoms with Crippen molar-refractivity contribution in [3.63, 3.8) is 0 Å². The Kier molecular flexibility index (Phi) is 7.89. The van der Waals surface area contributed by atoms with Crippen molar-refractivity contribution in [3.05, 3.63) is 65.7 Å². The predicted octanol–water partition coefficient (Wildman–Crippen LogP) is 4.63. The van der Waals surface area contributed by atoms with Gasteiger partial charge in [-0.1, -0.05) is 38.1 Å². The maximum atomic E-state index is 13.3. The molecule has 1 aliphatic heterocycles. The summed E-state index contributed by atoms with van der Waals surface area (Å²) in [6, 6.07) is 17.0. The van der Waals surface area contributed by atoms with Crippen LogP contribution in [-0.2, 0) is 0 Å². The molecule has 0 N–H and O–H groups in total. The van der Waals surface area contributed by atoms with Gasteiger partial charge in [-0.15, -0.1) is 0 Å². The zero-order valence-corrected chi connectivity index (χ0v) is 18.0. The van der Waals surface area contributed by atoms with E-state index in [0.717, 1.165) is 43.5 Å². The number of hydrogen-bond acceptors (Lipinski definition) is 3. The second-order valence-corrected chi connectivity index (χ2v) is 7.76. The lowest BCUT2D eigenvalue weighted by Gasteiger charge is -2.38. The van der Waals surface area contributed by atoms with Crippen LogP contribution in [0.15, 0.2) is 54.6 Å². The molecule has 0 bridgehead atoms. The molecule has 30 heavy (non-hydrogen) atoms. The van der Waals surface area contributed by atoms with Crippen molar-refractivity contribution in [1.82, 2.24) is 9.80 Å². The van der Waals surface area contributed by atoms with Gasteiger partial charge in [-0.05, 0) is 56.0 Å². The van der Waals surface area contributed by atoms with Gasteiger partial charge >= 0.3 is 0 Å². The third-order valence-corrected chi connectivity index (χ3v) is 5.49. The normalized spacial score (nSPS) is 14.4. The van der Waals surface area contributed by atoms with Gasteiger partial charge in [0, 0.05) is 36.8 Å². The predicted molar refractivity (Wildman–Crippen MR) is 119 cm³/mol. The summed E-state index contributed by atoms with van der Waals surface area (Å²) >= 11 is 0. The van der Waals surface area contributed by atoms with Gasteiger partial charge in [0.1, 0.15) is 5.75 Å². The Hall–Kier alpha value is -2.82. The topological polar surface area (TPSA) is 49.9 Å². The first kappa shape index (κ1) is 21.9. The molecular weight excluding hydrogens is 376 g/mol. The van der Waals surface area contributed by atoms with E-state index in [9.17, 15) is 9.59 Å². The van der Waals surface area contributed by atoms with E-state index in [0.29, 0.717) is 25.3 Å². The fraction of sp³-hybridized carbons (Fsp3) is 0.440. The van der Waals surface area contributed by atoms with Gasteiger partial charge in [0.15, 0.2) is 0 Å². The van der Waals surface area contributed by atoms with Crippen LogP contribution in [0.4, 0.5) is 0 Å². The van der Waals surface area contributed by atoms with Gasteiger partial charge < -0.3 is 14.5 Å². The van der Waals surface area contributed by atoms with Gasteiger partial charge in [-0.3, -0.25) is 9.59 Å². The number of nitrogens with zero attached hydrogens (tertiary/aromatic N) is 2. The highest BCUT2D eigenvalue weighted by Gasteiger charge is 2.30. The maximum absolute atomic E-state index is 13.3. The highest BCUT2D eigenvalue weighted by Crippen LogP contribution is 2.22. The lowest BCUT2D eigenvalue weighted by molar-refractivity contribution is 0.0519. The molecule has 0 radical (unpaired) electrons. The summed E-state index contributed by atoms with van der Waals surface area (Å²) in [5.74, 6) is 0.859. The number of likely N-dealkylation sites (tertiary alicyclic amines) is 1. The number of rotatable bonds is 8. The van der Waals surface area contributed by atoms with Crippen molar-refractivity contribution in [2.24, 2.45) is 0 Å². The molecule has 0 aromatic heterocycles. The number of ether oxygens (including phenoxy) is 1. The molecule has 0 atom stereocenters. The zero-order chi connectivity index (χ0) is 21.3. The van der Waals surface area contributed by atoms with Gasteiger partial charge in [0.2, 0.25) is 0 Å². The number of carbonyl (C=O) groups is 2. The molecule has 1 saturated heterocycles. The fourth-order valence-electron chi connectivity index (χ4n) is 3.94. The summed E-state index contributed by atoms with van der Waals surface area (Å²) in [5.41, 5.74) is 1.39. The van der Waals surface area contributed by atoms with E-state index in [1.165, 1.54) is 0 Å². The third-order valence-electron chi connectivity index (χ3n) is 5.49. The number of amides is 2. The Bertz CT molecular complexity index is 829. The minimum absolute atomic E-state index is 0.0478. The smallest absolute Gasteiger partial charge is 0.254 e. The molecule has 0 aliphatic carbocycles. The number of hydrogen-bond donors (Lipinski definition) is 0. The Morgan fingerprint density at radius 2 is 1.67 bits per heavy atom. The van der Waals surface area contributed by atoms with E-state index in [-0.39, 0.29) is 17.9 Å². The van der Waals surface area contributed by atoms with Crippen LogP contribution in [0.3, 0.4) is 0 Å². The average molecular weight is 409 g/mol. The van der Waals surface area contributed by atoms with Crippen LogP contribution in [-0.4, -0.2) is 53.9 Å². The van der Waals surface area contributed by atoms with E-state index >= 15 is 0 Å². The molecule has 2 aromatic carbocycles. The number of benzene rings is 2. The van der Waals surface area contributed by atoms with Crippen molar-refractivity contribution in [2.45, 2.75) is 45.6 Å². The van der Waals surface area contributed by atoms with Crippen LogP contribution < -0.4 is 4.74 Å². The van der Waals surface area contributed by atoms with Crippen molar-refractivity contribution in [1.29, 1.82) is 0 Å². The highest BCUT2D eigenvalue weighted by molar-refractivity contribution is 5.95. The van der Waals surface area contributed by atoms with Crippen molar-refractivity contribution in [3.8, 4) is 5.75 Å². The Morgan fingerprint density at radius 3 is 2.33 bits per heavy atom. The molecule has 160 valence electrons. The van der Waals surface area contributed by atoms with Crippen molar-refractivity contribution in [2.75, 3.05) is 26.2 Å². The molecule has 0 spiro atoms. The lowest BCUT2D eigenvalue weighted by Crippen LogP contribution is -2.49. The molecule has 0 saturated carbocycles. The van der Waals surface area contributed by atoms with E-state index in [4.69, 9.17) is 4.74 Å². The van der Waals surface area contributed by atoms with Crippen molar-refractivity contribution < 1.29 is 14.3 Å². The molecule has 1 aliphatic rings. The molecule has 1 fully saturated rings. The van der Waals surface area contributed by atoms with E-state index in [2.05, 4.69) is 13.8 Å². The van der Waals surface area contributed by atoms with Gasteiger partial charge in [0.05, 0.1) is 6.61 Å². The monoisotopic (exact) mass is 408 g/mol. The Balaban J connectivity index is 1.65. The van der Waals surface area contributed by atoms with Crippen molar-refractivity contribution >= 4 is 11.8 Å². The van der Waals surface area contributed by atoms with E-state index in [1.54, 1.807) is 0 Å². The summed E-state index contributed by atoms with van der Waals surface area (Å²) in [7, 11) is 0. The average Bonchev–Trinajstić information content (AvgIpc) is 2.81. The second-order valence-electron chi connectivity index (χ2n) is 7.76. The van der Waals surface area contributed by atoms with E-state index in [1.807, 2.05) is 64.4 Å². The first-order chi connectivity index (χ1) is 14.6. The number of carbonyl (C=O) groups excluding carboxylic acids is 2. The minimum Gasteiger partial charge on any atom is -0.494 e. The molecule has 1 heterocycles. The van der Waals surface area contributed by atoms with Crippen LogP contribution in [0, 0.1) is 0 Å². The van der Waals surface area contributed by atoms with Gasteiger partial charge in [0.25, 0.3) is 11.8 Å². The number of piperidine rings is 1. The quantitative estimate of drug-likeness (QED) is 0.640. The molecule has 5 nitrogen and oxygen atoms in total. The highest BCUT2D eigenvalue weighted by atomic mass is 16.5. The Labute approximate surface area is 179 Å². The lowest BCUT2D eigenvalue weighted by atomic mass is 10.0. The summed E-state index contributed by atoms with van der Waals surface area (Å²) < 4.78 is 5.70. The van der Waals surface area contributed by atoms with Crippen LogP contribution in [0.5, 0.6) is 5.75 Å². The molecule has 5 heteroatoms. The van der Waals surface area contributed by atoms with Gasteiger partial charge in [-0.2, -0.15) is 0 Å². The van der Waals surface area contributed by atoms with E-state index < -0.39 is 0 Å². The van der Waals surface area contributed by atoms with Crippen LogP contribution in [0.1, 0.15) is 60.2 Å². The zero-order valence-electron chi connectivity index (χ0n) is 18.0. The molecule has 2 aromatic rings. The summed E-state index contributed by atoms with van der Waals surface area (Å²) in [4.78, 5) is 29.9. The Morgan fingerprint density at radius 1 is 0.967 bits per heavy atom. The SMILES string of the molecule is CCCOc1cccc(C(=O)N(CCC)C2CCN(C(=O)c3ccccc3)CC2)c1. The molecule has 0 unspecified atom stereocenters. The summed E-state index contributed by atoms with van der Waals surface area (Å²) in [6.07, 6.45) is 3.44. The van der Waals surface area contributed by atoms with Crippen LogP contribution in [0.25, 0.3) is 0 Å². The van der Waals surface area contributed by atoms with Crippen LogP contribution >= 0.6 is 0 Å². The minimum atomic E-state index is 0.0478. The molecule has 3 rings (SSSR count). The van der Waals surface area contributed by atoms with Gasteiger partial charge in [-0.25, -0.2) is 0 Å². The largest absolute Gasteiger partial charge is 0.494 e. The summed E-state index contributed by atoms with van der Waals surface area (Å²) in [5, 5.41) is 0. The third kappa shape index (κ3) is 5.41.